The van der Waals surface area contributed by atoms with Crippen LogP contribution in [0.3, 0.4) is 0 Å². The van der Waals surface area contributed by atoms with Gasteiger partial charge < -0.3 is 16.0 Å². The number of piperidine rings is 1. The van der Waals surface area contributed by atoms with E-state index in [1.165, 1.54) is 11.3 Å². The average Bonchev–Trinajstić information content (AvgIpc) is 3.10. The second-order valence-corrected chi connectivity index (χ2v) is 7.09. The fraction of sp³-hybridized carbons (Fsp3) is 0.333. The van der Waals surface area contributed by atoms with Crippen molar-refractivity contribution in [2.75, 3.05) is 17.2 Å². The van der Waals surface area contributed by atoms with Gasteiger partial charge >= 0.3 is 0 Å². The van der Waals surface area contributed by atoms with Gasteiger partial charge in [0.15, 0.2) is 0 Å². The van der Waals surface area contributed by atoms with Gasteiger partial charge in [-0.15, -0.1) is 11.3 Å². The second kappa shape index (κ2) is 7.59. The predicted octanol–water partition coefficient (Wildman–Crippen LogP) is 3.33. The fourth-order valence-corrected chi connectivity index (χ4v) is 3.43. The number of nitrogens with one attached hydrogen (secondary N) is 3. The number of carbonyl (C=O) groups is 2. The number of thiophene rings is 1. The van der Waals surface area contributed by atoms with Gasteiger partial charge in [0.25, 0.3) is 5.91 Å². The molecular weight excluding hydrogens is 322 g/mol. The quantitative estimate of drug-likeness (QED) is 0.797. The Labute approximate surface area is 145 Å². The molecule has 0 bridgehead atoms. The Kier molecular flexibility index (Phi) is 5.27. The molecule has 1 aromatic heterocycles. The highest BCUT2D eigenvalue weighted by molar-refractivity contribution is 7.12. The molecule has 1 aliphatic rings. The molecule has 0 spiro atoms. The molecule has 126 valence electrons. The van der Waals surface area contributed by atoms with Crippen LogP contribution in [0.4, 0.5) is 11.4 Å². The first-order valence-corrected chi connectivity index (χ1v) is 8.99. The van der Waals surface area contributed by atoms with Crippen LogP contribution in [0.5, 0.6) is 0 Å². The summed E-state index contributed by atoms with van der Waals surface area (Å²) in [6, 6.07) is 10.7. The molecule has 6 heteroatoms. The molecule has 0 saturated carbocycles. The summed E-state index contributed by atoms with van der Waals surface area (Å²) in [5.41, 5.74) is 1.35. The minimum atomic E-state index is -0.155. The van der Waals surface area contributed by atoms with E-state index in [4.69, 9.17) is 0 Å². The zero-order chi connectivity index (χ0) is 16.9. The minimum Gasteiger partial charge on any atom is -0.325 e. The van der Waals surface area contributed by atoms with Crippen molar-refractivity contribution in [2.24, 2.45) is 5.92 Å². The van der Waals surface area contributed by atoms with Gasteiger partial charge in [0, 0.05) is 11.4 Å². The third kappa shape index (κ3) is 4.21. The van der Waals surface area contributed by atoms with Gasteiger partial charge in [-0.1, -0.05) is 19.1 Å². The van der Waals surface area contributed by atoms with Gasteiger partial charge in [0.05, 0.1) is 10.9 Å². The van der Waals surface area contributed by atoms with Crippen LogP contribution in [0, 0.1) is 5.92 Å². The van der Waals surface area contributed by atoms with Crippen LogP contribution in [-0.2, 0) is 4.79 Å². The molecule has 2 amide bonds. The lowest BCUT2D eigenvalue weighted by atomic mass is 9.94. The molecule has 2 heterocycles. The summed E-state index contributed by atoms with van der Waals surface area (Å²) in [5.74, 6) is 0.387. The third-order valence-corrected chi connectivity index (χ3v) is 4.98. The topological polar surface area (TPSA) is 70.2 Å². The Morgan fingerprint density at radius 1 is 1.17 bits per heavy atom. The van der Waals surface area contributed by atoms with E-state index < -0.39 is 0 Å². The minimum absolute atomic E-state index is 0.0247. The van der Waals surface area contributed by atoms with Gasteiger partial charge in [-0.25, -0.2) is 0 Å². The molecule has 3 N–H and O–H groups in total. The van der Waals surface area contributed by atoms with Gasteiger partial charge in [0.2, 0.25) is 5.91 Å². The number of benzene rings is 1. The molecular formula is C18H21N3O2S. The number of anilines is 2. The van der Waals surface area contributed by atoms with E-state index in [1.807, 2.05) is 29.6 Å². The average molecular weight is 343 g/mol. The van der Waals surface area contributed by atoms with Crippen molar-refractivity contribution in [1.29, 1.82) is 0 Å². The van der Waals surface area contributed by atoms with Gasteiger partial charge in [0.1, 0.15) is 0 Å². The molecule has 5 nitrogen and oxygen atoms in total. The summed E-state index contributed by atoms with van der Waals surface area (Å²) < 4.78 is 0. The molecule has 3 rings (SSSR count). The lowest BCUT2D eigenvalue weighted by Gasteiger charge is -2.27. The highest BCUT2D eigenvalue weighted by Gasteiger charge is 2.24. The molecule has 1 aliphatic heterocycles. The Morgan fingerprint density at radius 2 is 1.96 bits per heavy atom. The third-order valence-electron chi connectivity index (χ3n) is 4.12. The number of hydrogen-bond donors (Lipinski definition) is 3. The molecule has 1 fully saturated rings. The van der Waals surface area contributed by atoms with E-state index in [9.17, 15) is 9.59 Å². The maximum Gasteiger partial charge on any atom is 0.265 e. The van der Waals surface area contributed by atoms with Crippen molar-refractivity contribution >= 4 is 34.5 Å². The summed E-state index contributed by atoms with van der Waals surface area (Å²) in [6.45, 7) is 3.04. The van der Waals surface area contributed by atoms with Crippen LogP contribution in [0.1, 0.15) is 29.4 Å². The lowest BCUT2D eigenvalue weighted by Crippen LogP contribution is -2.45. The van der Waals surface area contributed by atoms with Crippen molar-refractivity contribution in [3.63, 3.8) is 0 Å². The van der Waals surface area contributed by atoms with E-state index in [0.717, 1.165) is 19.4 Å². The summed E-state index contributed by atoms with van der Waals surface area (Å²) in [6.07, 6.45) is 1.95. The summed E-state index contributed by atoms with van der Waals surface area (Å²) in [7, 11) is 0. The highest BCUT2D eigenvalue weighted by atomic mass is 32.1. The van der Waals surface area contributed by atoms with Crippen LogP contribution in [0.2, 0.25) is 0 Å². The van der Waals surface area contributed by atoms with Crippen LogP contribution in [0.25, 0.3) is 0 Å². The van der Waals surface area contributed by atoms with Crippen LogP contribution in [0.15, 0.2) is 41.8 Å². The van der Waals surface area contributed by atoms with E-state index in [-0.39, 0.29) is 17.9 Å². The highest BCUT2D eigenvalue weighted by Crippen LogP contribution is 2.20. The Bertz CT molecular complexity index is 715. The van der Waals surface area contributed by atoms with Crippen molar-refractivity contribution in [3.8, 4) is 0 Å². The van der Waals surface area contributed by atoms with Gasteiger partial charge in [-0.05, 0) is 54.9 Å². The zero-order valence-corrected chi connectivity index (χ0v) is 14.4. The molecule has 2 unspecified atom stereocenters. The molecule has 2 aromatic rings. The summed E-state index contributed by atoms with van der Waals surface area (Å²) >= 11 is 1.39. The van der Waals surface area contributed by atoms with Gasteiger partial charge in [-0.3, -0.25) is 9.59 Å². The van der Waals surface area contributed by atoms with Crippen molar-refractivity contribution in [1.82, 2.24) is 5.32 Å². The van der Waals surface area contributed by atoms with Crippen LogP contribution in [-0.4, -0.2) is 24.4 Å². The summed E-state index contributed by atoms with van der Waals surface area (Å²) in [5, 5.41) is 10.9. The predicted molar refractivity (Wildman–Crippen MR) is 97.5 cm³/mol. The maximum absolute atomic E-state index is 12.4. The first-order chi connectivity index (χ1) is 11.6. The number of carbonyl (C=O) groups excluding carboxylic acids is 2. The first-order valence-electron chi connectivity index (χ1n) is 8.11. The maximum atomic E-state index is 12.4. The Morgan fingerprint density at radius 3 is 2.67 bits per heavy atom. The molecule has 1 aromatic carbocycles. The molecule has 0 aliphatic carbocycles. The van der Waals surface area contributed by atoms with E-state index >= 15 is 0 Å². The number of hydrogen-bond acceptors (Lipinski definition) is 4. The Hall–Kier alpha value is -2.18. The standard InChI is InChI=1S/C18H21N3O2S/c1-12-7-8-19-15(10-12)17(22)20-13-4-2-5-14(11-13)21-18(23)16-6-3-9-24-16/h2-6,9,11-12,15,19H,7-8,10H2,1H3,(H,20,22)(H,21,23). The Balaban J connectivity index is 1.62. The van der Waals surface area contributed by atoms with Gasteiger partial charge in [-0.2, -0.15) is 0 Å². The van der Waals surface area contributed by atoms with E-state index in [1.54, 1.807) is 12.1 Å². The summed E-state index contributed by atoms with van der Waals surface area (Å²) in [4.78, 5) is 25.1. The van der Waals surface area contributed by atoms with E-state index in [0.29, 0.717) is 22.2 Å². The van der Waals surface area contributed by atoms with Crippen LogP contribution < -0.4 is 16.0 Å². The van der Waals surface area contributed by atoms with Crippen molar-refractivity contribution in [2.45, 2.75) is 25.8 Å². The van der Waals surface area contributed by atoms with Crippen molar-refractivity contribution in [3.05, 3.63) is 46.7 Å². The molecule has 1 saturated heterocycles. The normalized spacial score (nSPS) is 20.4. The second-order valence-electron chi connectivity index (χ2n) is 6.14. The molecule has 24 heavy (non-hydrogen) atoms. The van der Waals surface area contributed by atoms with Crippen LogP contribution >= 0.6 is 11.3 Å². The van der Waals surface area contributed by atoms with Crippen molar-refractivity contribution < 1.29 is 9.59 Å². The SMILES string of the molecule is CC1CCNC(C(=O)Nc2cccc(NC(=O)c3cccs3)c2)C1. The number of rotatable bonds is 4. The largest absolute Gasteiger partial charge is 0.325 e. The fourth-order valence-electron chi connectivity index (χ4n) is 2.81. The number of amides is 2. The molecule has 0 radical (unpaired) electrons. The first kappa shape index (κ1) is 16.7. The van der Waals surface area contributed by atoms with E-state index in [2.05, 4.69) is 22.9 Å². The smallest absolute Gasteiger partial charge is 0.265 e. The molecule has 2 atom stereocenters. The monoisotopic (exact) mass is 343 g/mol. The zero-order valence-electron chi connectivity index (χ0n) is 13.5. The lowest BCUT2D eigenvalue weighted by molar-refractivity contribution is -0.119.